The Kier molecular flexibility index (Phi) is 5.86. The van der Waals surface area contributed by atoms with Crippen LogP contribution in [0.3, 0.4) is 0 Å². The summed E-state index contributed by atoms with van der Waals surface area (Å²) in [4.78, 5) is 13.8. The molecule has 3 aromatic rings. The Morgan fingerprint density at radius 2 is 1.40 bits per heavy atom. The second-order valence-electron chi connectivity index (χ2n) is 5.91. The number of rotatable bonds is 6. The molecular formula is C23H20OS. The summed E-state index contributed by atoms with van der Waals surface area (Å²) in [6.07, 6.45) is 0.396. The highest BCUT2D eigenvalue weighted by molar-refractivity contribution is 8.02. The second-order valence-corrected chi connectivity index (χ2v) is 6.85. The molecule has 0 unspecified atom stereocenters. The zero-order valence-corrected chi connectivity index (χ0v) is 15.0. The normalized spacial score (nSPS) is 11.3. The van der Waals surface area contributed by atoms with Crippen molar-refractivity contribution in [2.24, 2.45) is 0 Å². The highest BCUT2D eigenvalue weighted by Gasteiger charge is 2.11. The first kappa shape index (κ1) is 17.2. The Bertz CT molecular complexity index is 850. The smallest absolute Gasteiger partial charge is 0.167 e. The van der Waals surface area contributed by atoms with Crippen molar-refractivity contribution in [3.8, 4) is 0 Å². The standard InChI is InChI=1S/C23H20OS/c1-18-12-14-19(15-13-18)21(17-25-22-10-6-3-7-11-22)16-23(24)20-8-4-2-5-9-20/h2-15,17H,16H2,1H3/b21-17+. The van der Waals surface area contributed by atoms with Crippen LogP contribution in [0.15, 0.2) is 95.2 Å². The first-order valence-corrected chi connectivity index (χ1v) is 9.16. The fourth-order valence-corrected chi connectivity index (χ4v) is 3.33. The predicted octanol–water partition coefficient (Wildman–Crippen LogP) is 6.40. The van der Waals surface area contributed by atoms with Crippen molar-refractivity contribution in [3.63, 3.8) is 0 Å². The number of carbonyl (C=O) groups is 1. The van der Waals surface area contributed by atoms with Crippen LogP contribution < -0.4 is 0 Å². The van der Waals surface area contributed by atoms with Gasteiger partial charge in [0.25, 0.3) is 0 Å². The number of carbonyl (C=O) groups excluding carboxylic acids is 1. The van der Waals surface area contributed by atoms with E-state index in [0.29, 0.717) is 6.42 Å². The van der Waals surface area contributed by atoms with Crippen LogP contribution in [-0.2, 0) is 0 Å². The lowest BCUT2D eigenvalue weighted by Crippen LogP contribution is -2.00. The zero-order valence-electron chi connectivity index (χ0n) is 14.2. The van der Waals surface area contributed by atoms with E-state index in [1.165, 1.54) is 10.5 Å². The molecule has 0 aliphatic carbocycles. The van der Waals surface area contributed by atoms with E-state index >= 15 is 0 Å². The molecule has 0 heterocycles. The molecule has 124 valence electrons. The van der Waals surface area contributed by atoms with Crippen molar-refractivity contribution in [2.45, 2.75) is 18.2 Å². The van der Waals surface area contributed by atoms with E-state index in [9.17, 15) is 4.79 Å². The third kappa shape index (κ3) is 4.94. The van der Waals surface area contributed by atoms with Gasteiger partial charge >= 0.3 is 0 Å². The van der Waals surface area contributed by atoms with Gasteiger partial charge in [-0.25, -0.2) is 0 Å². The maximum atomic E-state index is 12.7. The lowest BCUT2D eigenvalue weighted by molar-refractivity contribution is 0.0998. The van der Waals surface area contributed by atoms with Crippen molar-refractivity contribution in [1.29, 1.82) is 0 Å². The number of benzene rings is 3. The Balaban J connectivity index is 1.86. The Labute approximate surface area is 153 Å². The summed E-state index contributed by atoms with van der Waals surface area (Å²) >= 11 is 1.65. The van der Waals surface area contributed by atoms with Crippen LogP contribution in [0.5, 0.6) is 0 Å². The van der Waals surface area contributed by atoms with Crippen LogP contribution in [0.2, 0.25) is 0 Å². The minimum atomic E-state index is 0.140. The fraction of sp³-hybridized carbons (Fsp3) is 0.0870. The fourth-order valence-electron chi connectivity index (χ4n) is 2.52. The average Bonchev–Trinajstić information content (AvgIpc) is 2.67. The van der Waals surface area contributed by atoms with Gasteiger partial charge in [-0.05, 0) is 35.6 Å². The molecule has 3 rings (SSSR count). The Morgan fingerprint density at radius 3 is 2.04 bits per heavy atom. The molecule has 0 amide bonds. The molecule has 0 atom stereocenters. The number of hydrogen-bond acceptors (Lipinski definition) is 2. The quantitative estimate of drug-likeness (QED) is 0.380. The van der Waals surface area contributed by atoms with Gasteiger partial charge in [0.05, 0.1) is 0 Å². The van der Waals surface area contributed by atoms with Gasteiger partial charge in [0, 0.05) is 16.9 Å². The highest BCUT2D eigenvalue weighted by Crippen LogP contribution is 2.28. The molecule has 25 heavy (non-hydrogen) atoms. The summed E-state index contributed by atoms with van der Waals surface area (Å²) in [7, 11) is 0. The second kappa shape index (κ2) is 8.50. The van der Waals surface area contributed by atoms with E-state index in [1.54, 1.807) is 11.8 Å². The van der Waals surface area contributed by atoms with Crippen LogP contribution in [0.25, 0.3) is 5.57 Å². The molecule has 0 aliphatic rings. The van der Waals surface area contributed by atoms with Crippen molar-refractivity contribution in [3.05, 3.63) is 107 Å². The van der Waals surface area contributed by atoms with Gasteiger partial charge in [-0.1, -0.05) is 90.1 Å². The van der Waals surface area contributed by atoms with Crippen molar-refractivity contribution in [1.82, 2.24) is 0 Å². The van der Waals surface area contributed by atoms with Gasteiger partial charge in [0.15, 0.2) is 5.78 Å². The minimum Gasteiger partial charge on any atom is -0.294 e. The van der Waals surface area contributed by atoms with Gasteiger partial charge in [-0.2, -0.15) is 0 Å². The van der Waals surface area contributed by atoms with Gasteiger partial charge < -0.3 is 0 Å². The number of hydrogen-bond donors (Lipinski definition) is 0. The number of ketones is 1. The topological polar surface area (TPSA) is 17.1 Å². The van der Waals surface area contributed by atoms with E-state index < -0.39 is 0 Å². The van der Waals surface area contributed by atoms with Crippen molar-refractivity contribution < 1.29 is 4.79 Å². The van der Waals surface area contributed by atoms with E-state index in [4.69, 9.17) is 0 Å². The lowest BCUT2D eigenvalue weighted by Gasteiger charge is -2.09. The van der Waals surface area contributed by atoms with Gasteiger partial charge in [0.1, 0.15) is 0 Å². The summed E-state index contributed by atoms with van der Waals surface area (Å²) in [6.45, 7) is 2.07. The molecule has 2 heteroatoms. The molecule has 0 saturated carbocycles. The summed E-state index contributed by atoms with van der Waals surface area (Å²) < 4.78 is 0. The summed E-state index contributed by atoms with van der Waals surface area (Å²) in [6, 6.07) is 28.0. The first-order chi connectivity index (χ1) is 12.2. The first-order valence-electron chi connectivity index (χ1n) is 8.28. The number of thioether (sulfide) groups is 1. The van der Waals surface area contributed by atoms with Crippen LogP contribution >= 0.6 is 11.8 Å². The molecule has 0 spiro atoms. The molecule has 3 aromatic carbocycles. The van der Waals surface area contributed by atoms with Gasteiger partial charge in [0.2, 0.25) is 0 Å². The Hall–Kier alpha value is -2.58. The molecule has 0 aliphatic heterocycles. The summed E-state index contributed by atoms with van der Waals surface area (Å²) in [5.74, 6) is 0.140. The van der Waals surface area contributed by atoms with Gasteiger partial charge in [-0.3, -0.25) is 4.79 Å². The zero-order chi connectivity index (χ0) is 17.5. The molecule has 0 bridgehead atoms. The van der Waals surface area contributed by atoms with E-state index in [1.807, 2.05) is 48.5 Å². The molecule has 1 nitrogen and oxygen atoms in total. The monoisotopic (exact) mass is 344 g/mol. The van der Waals surface area contributed by atoms with Gasteiger partial charge in [-0.15, -0.1) is 0 Å². The third-order valence-corrected chi connectivity index (χ3v) is 4.90. The average molecular weight is 344 g/mol. The molecule has 0 aromatic heterocycles. The largest absolute Gasteiger partial charge is 0.294 e. The van der Waals surface area contributed by atoms with E-state index in [2.05, 4.69) is 48.7 Å². The summed E-state index contributed by atoms with van der Waals surface area (Å²) in [5.41, 5.74) is 4.11. The maximum absolute atomic E-state index is 12.7. The predicted molar refractivity (Wildman–Crippen MR) is 107 cm³/mol. The van der Waals surface area contributed by atoms with Crippen molar-refractivity contribution in [2.75, 3.05) is 0 Å². The number of Topliss-reactive ketones (excluding diaryl/α,β-unsaturated/α-hetero) is 1. The van der Waals surface area contributed by atoms with E-state index in [-0.39, 0.29) is 5.78 Å². The summed E-state index contributed by atoms with van der Waals surface area (Å²) in [5, 5.41) is 2.10. The molecule has 0 saturated heterocycles. The van der Waals surface area contributed by atoms with E-state index in [0.717, 1.165) is 16.7 Å². The number of allylic oxidation sites excluding steroid dienone is 1. The van der Waals surface area contributed by atoms with Crippen LogP contribution in [0.4, 0.5) is 0 Å². The molecule has 0 fully saturated rings. The third-order valence-electron chi connectivity index (χ3n) is 3.95. The number of aryl methyl sites for hydroxylation is 1. The highest BCUT2D eigenvalue weighted by atomic mass is 32.2. The Morgan fingerprint density at radius 1 is 0.800 bits per heavy atom. The van der Waals surface area contributed by atoms with Crippen molar-refractivity contribution >= 4 is 23.1 Å². The molecular weight excluding hydrogens is 324 g/mol. The SMILES string of the molecule is Cc1ccc(/C(=C/Sc2ccccc2)CC(=O)c2ccccc2)cc1. The lowest BCUT2D eigenvalue weighted by atomic mass is 9.98. The molecule has 0 radical (unpaired) electrons. The van der Waals surface area contributed by atoms with Crippen LogP contribution in [-0.4, -0.2) is 5.78 Å². The molecule has 0 N–H and O–H groups in total. The van der Waals surface area contributed by atoms with Crippen LogP contribution in [0, 0.1) is 6.92 Å². The minimum absolute atomic E-state index is 0.140. The van der Waals surface area contributed by atoms with Crippen LogP contribution in [0.1, 0.15) is 27.9 Å². The maximum Gasteiger partial charge on any atom is 0.167 e.